The number of hydrogen-bond donors (Lipinski definition) is 0. The van der Waals surface area contributed by atoms with Crippen LogP contribution in [-0.2, 0) is 12.8 Å². The minimum absolute atomic E-state index is 0.0377. The molecule has 2 aromatic rings. The van der Waals surface area contributed by atoms with E-state index in [1.165, 1.54) is 6.07 Å². The van der Waals surface area contributed by atoms with Crippen LogP contribution in [0.25, 0.3) is 0 Å². The number of ketones is 1. The van der Waals surface area contributed by atoms with Gasteiger partial charge in [-0.25, -0.2) is 4.39 Å². The minimum Gasteiger partial charge on any atom is -0.293 e. The van der Waals surface area contributed by atoms with Crippen molar-refractivity contribution < 1.29 is 9.18 Å². The van der Waals surface area contributed by atoms with Gasteiger partial charge in [-0.1, -0.05) is 33.4 Å². The summed E-state index contributed by atoms with van der Waals surface area (Å²) in [7, 11) is 0. The zero-order valence-electron chi connectivity index (χ0n) is 9.61. The Bertz CT molecular complexity index is 585. The molecule has 0 aliphatic heterocycles. The van der Waals surface area contributed by atoms with Crippen LogP contribution in [0.15, 0.2) is 22.7 Å². The maximum absolute atomic E-state index is 13.6. The van der Waals surface area contributed by atoms with E-state index in [1.807, 2.05) is 6.92 Å². The van der Waals surface area contributed by atoms with Crippen LogP contribution in [0, 0.1) is 5.82 Å². The summed E-state index contributed by atoms with van der Waals surface area (Å²) < 4.78 is 18.0. The van der Waals surface area contributed by atoms with Crippen LogP contribution in [0.5, 0.6) is 0 Å². The van der Waals surface area contributed by atoms with Gasteiger partial charge < -0.3 is 0 Å². The molecule has 2 rings (SSSR count). The van der Waals surface area contributed by atoms with Crippen molar-refractivity contribution in [2.75, 3.05) is 0 Å². The first-order chi connectivity index (χ1) is 8.61. The highest BCUT2D eigenvalue weighted by Gasteiger charge is 2.17. The summed E-state index contributed by atoms with van der Waals surface area (Å²) in [5.74, 6) is -0.517. The van der Waals surface area contributed by atoms with E-state index in [4.69, 9.17) is 0 Å². The van der Waals surface area contributed by atoms with E-state index in [0.717, 1.165) is 11.5 Å². The monoisotopic (exact) mass is 328 g/mol. The minimum atomic E-state index is -0.381. The number of halogens is 2. The number of carbonyl (C=O) groups is 1. The fraction of sp³-hybridized carbons (Fsp3) is 0.250. The van der Waals surface area contributed by atoms with Crippen LogP contribution in [0.1, 0.15) is 27.9 Å². The molecule has 6 heteroatoms. The van der Waals surface area contributed by atoms with Crippen LogP contribution in [0.4, 0.5) is 4.39 Å². The van der Waals surface area contributed by atoms with Gasteiger partial charge in [0, 0.05) is 10.9 Å². The first kappa shape index (κ1) is 13.3. The molecule has 0 saturated carbocycles. The van der Waals surface area contributed by atoms with Crippen molar-refractivity contribution in [3.8, 4) is 0 Å². The highest BCUT2D eigenvalue weighted by molar-refractivity contribution is 9.10. The molecule has 3 nitrogen and oxygen atoms in total. The van der Waals surface area contributed by atoms with Crippen LogP contribution in [-0.4, -0.2) is 15.4 Å². The molecule has 0 atom stereocenters. The Hall–Kier alpha value is -1.14. The highest BCUT2D eigenvalue weighted by Crippen LogP contribution is 2.19. The lowest BCUT2D eigenvalue weighted by molar-refractivity contribution is 0.0994. The topological polar surface area (TPSA) is 42.9 Å². The normalized spacial score (nSPS) is 10.6. The summed E-state index contributed by atoms with van der Waals surface area (Å²) in [5, 5.41) is 3.88. The molecule has 0 amide bonds. The van der Waals surface area contributed by atoms with Crippen molar-refractivity contribution in [1.82, 2.24) is 9.59 Å². The molecular weight excluding hydrogens is 319 g/mol. The highest BCUT2D eigenvalue weighted by atomic mass is 79.9. The van der Waals surface area contributed by atoms with Crippen LogP contribution in [0.3, 0.4) is 0 Å². The molecule has 94 valence electrons. The molecule has 0 radical (unpaired) electrons. The Labute approximate surface area is 116 Å². The Morgan fingerprint density at radius 2 is 2.28 bits per heavy atom. The molecule has 0 bridgehead atoms. The van der Waals surface area contributed by atoms with Crippen LogP contribution >= 0.6 is 27.5 Å². The van der Waals surface area contributed by atoms with Crippen molar-refractivity contribution in [1.29, 1.82) is 0 Å². The Kier molecular flexibility index (Phi) is 4.19. The van der Waals surface area contributed by atoms with Gasteiger partial charge in [-0.05, 0) is 35.6 Å². The van der Waals surface area contributed by atoms with Gasteiger partial charge in [-0.2, -0.15) is 0 Å². The smallest absolute Gasteiger partial charge is 0.180 e. The largest absolute Gasteiger partial charge is 0.293 e. The molecule has 1 aromatic heterocycles. The van der Waals surface area contributed by atoms with Crippen molar-refractivity contribution >= 4 is 33.2 Å². The molecule has 0 saturated heterocycles. The quantitative estimate of drug-likeness (QED) is 0.807. The Morgan fingerprint density at radius 3 is 2.94 bits per heavy atom. The third-order valence-electron chi connectivity index (χ3n) is 2.51. The lowest BCUT2D eigenvalue weighted by Gasteiger charge is -2.02. The summed E-state index contributed by atoms with van der Waals surface area (Å²) in [6.45, 7) is 1.91. The van der Waals surface area contributed by atoms with Gasteiger partial charge in [0.15, 0.2) is 5.78 Å². The predicted octanol–water partition coefficient (Wildman–Crippen LogP) is 3.43. The average molecular weight is 329 g/mol. The molecule has 0 spiro atoms. The summed E-state index contributed by atoms with van der Waals surface area (Å²) in [6, 6.07) is 4.68. The van der Waals surface area contributed by atoms with E-state index in [1.54, 1.807) is 12.1 Å². The van der Waals surface area contributed by atoms with Gasteiger partial charge in [-0.15, -0.1) is 5.10 Å². The number of aryl methyl sites for hydroxylation is 1. The van der Waals surface area contributed by atoms with Gasteiger partial charge >= 0.3 is 0 Å². The summed E-state index contributed by atoms with van der Waals surface area (Å²) in [5.41, 5.74) is 1.07. The third kappa shape index (κ3) is 2.81. The van der Waals surface area contributed by atoms with Crippen LogP contribution < -0.4 is 0 Å². The number of carbonyl (C=O) groups excluding carboxylic acids is 1. The Balaban J connectivity index is 2.21. The standard InChI is InChI=1S/C12H10BrFN2OS/c1-2-10-12(18-16-15-10)11(17)5-7-3-4-8(13)6-9(7)14/h3-4,6H,2,5H2,1H3. The number of benzene rings is 1. The summed E-state index contributed by atoms with van der Waals surface area (Å²) in [4.78, 5) is 12.6. The van der Waals surface area contributed by atoms with Gasteiger partial charge in [0.05, 0.1) is 5.69 Å². The maximum Gasteiger partial charge on any atom is 0.180 e. The second-order valence-electron chi connectivity index (χ2n) is 3.74. The average Bonchev–Trinajstić information content (AvgIpc) is 2.81. The van der Waals surface area contributed by atoms with Gasteiger partial charge in [-0.3, -0.25) is 4.79 Å². The molecule has 1 aromatic carbocycles. The molecule has 1 heterocycles. The number of rotatable bonds is 4. The maximum atomic E-state index is 13.6. The second kappa shape index (κ2) is 5.67. The zero-order valence-corrected chi connectivity index (χ0v) is 12.0. The molecular formula is C12H10BrFN2OS. The van der Waals surface area contributed by atoms with E-state index in [2.05, 4.69) is 25.5 Å². The first-order valence-corrected chi connectivity index (χ1v) is 6.96. The lowest BCUT2D eigenvalue weighted by atomic mass is 10.1. The zero-order chi connectivity index (χ0) is 13.1. The summed E-state index contributed by atoms with van der Waals surface area (Å²) in [6.07, 6.45) is 0.691. The molecule has 0 N–H and O–H groups in total. The molecule has 0 unspecified atom stereocenters. The van der Waals surface area contributed by atoms with E-state index in [-0.39, 0.29) is 18.0 Å². The van der Waals surface area contributed by atoms with Gasteiger partial charge in [0.25, 0.3) is 0 Å². The van der Waals surface area contributed by atoms with Crippen LogP contribution in [0.2, 0.25) is 0 Å². The van der Waals surface area contributed by atoms with Crippen molar-refractivity contribution in [3.05, 3.63) is 44.6 Å². The van der Waals surface area contributed by atoms with E-state index in [9.17, 15) is 9.18 Å². The van der Waals surface area contributed by atoms with E-state index < -0.39 is 0 Å². The lowest BCUT2D eigenvalue weighted by Crippen LogP contribution is -2.06. The van der Waals surface area contributed by atoms with Crippen molar-refractivity contribution in [2.24, 2.45) is 0 Å². The number of nitrogens with zero attached hydrogens (tertiary/aromatic N) is 2. The molecule has 0 aliphatic carbocycles. The first-order valence-electron chi connectivity index (χ1n) is 5.40. The van der Waals surface area contributed by atoms with Crippen molar-refractivity contribution in [2.45, 2.75) is 19.8 Å². The molecule has 18 heavy (non-hydrogen) atoms. The van der Waals surface area contributed by atoms with Crippen molar-refractivity contribution in [3.63, 3.8) is 0 Å². The predicted molar refractivity (Wildman–Crippen MR) is 71.4 cm³/mol. The molecule has 0 fully saturated rings. The Morgan fingerprint density at radius 1 is 1.50 bits per heavy atom. The number of hydrogen-bond acceptors (Lipinski definition) is 4. The SMILES string of the molecule is CCc1nnsc1C(=O)Cc1ccc(Br)cc1F. The van der Waals surface area contributed by atoms with E-state index in [0.29, 0.717) is 27.0 Å². The third-order valence-corrected chi connectivity index (χ3v) is 3.81. The fourth-order valence-electron chi connectivity index (χ4n) is 1.57. The van der Waals surface area contributed by atoms with Gasteiger partial charge in [0.2, 0.25) is 0 Å². The summed E-state index contributed by atoms with van der Waals surface area (Å²) >= 11 is 4.25. The fourth-order valence-corrected chi connectivity index (χ4v) is 2.59. The second-order valence-corrected chi connectivity index (χ2v) is 5.41. The van der Waals surface area contributed by atoms with E-state index >= 15 is 0 Å². The molecule has 0 aliphatic rings. The number of Topliss-reactive ketones (excluding diaryl/α,β-unsaturated/α-hetero) is 1. The van der Waals surface area contributed by atoms with Gasteiger partial charge in [0.1, 0.15) is 10.7 Å². The number of aromatic nitrogens is 2.